The van der Waals surface area contributed by atoms with E-state index in [-0.39, 0.29) is 19.1 Å². The molecule has 2 aromatic carbocycles. The minimum Gasteiger partial charge on any atom is -0.479 e. The first-order valence-electron chi connectivity index (χ1n) is 8.90. The van der Waals surface area contributed by atoms with E-state index in [0.29, 0.717) is 0 Å². The summed E-state index contributed by atoms with van der Waals surface area (Å²) in [6, 6.07) is 15.8. The van der Waals surface area contributed by atoms with Crippen LogP contribution >= 0.6 is 0 Å². The van der Waals surface area contributed by atoms with Gasteiger partial charge in [-0.2, -0.15) is 0 Å². The number of esters is 1. The molecule has 0 fully saturated rings. The molecule has 0 amide bonds. The molecular formula is C21H23NO5. The molecular weight excluding hydrogens is 346 g/mol. The number of carboxylic acid groups (broad SMARTS) is 1. The molecule has 0 radical (unpaired) electrons. The third-order valence-electron chi connectivity index (χ3n) is 5.09. The standard InChI is InChI=1S/C21H23NO5/c1-3-26-13(2)21(22,19(23)24)20(25)27-12-18-16-10-6-4-8-14(16)15-9-5-7-11-17(15)18/h4-11,13,18H,3,12,22H2,1-2H3,(H,23,24). The molecule has 2 aromatic rings. The zero-order valence-corrected chi connectivity index (χ0v) is 15.3. The smallest absolute Gasteiger partial charge is 0.340 e. The number of carbonyl (C=O) groups is 2. The molecule has 1 aliphatic rings. The lowest BCUT2D eigenvalue weighted by molar-refractivity contribution is -0.168. The summed E-state index contributed by atoms with van der Waals surface area (Å²) in [5.41, 5.74) is 7.90. The Morgan fingerprint density at radius 1 is 1.11 bits per heavy atom. The Morgan fingerprint density at radius 3 is 2.11 bits per heavy atom. The van der Waals surface area contributed by atoms with Gasteiger partial charge < -0.3 is 20.3 Å². The van der Waals surface area contributed by atoms with Crippen LogP contribution in [0.3, 0.4) is 0 Å². The maximum atomic E-state index is 12.6. The van der Waals surface area contributed by atoms with E-state index in [2.05, 4.69) is 0 Å². The third kappa shape index (κ3) is 3.22. The number of ether oxygens (including phenoxy) is 2. The molecule has 6 nitrogen and oxygen atoms in total. The molecule has 0 saturated heterocycles. The number of fused-ring (bicyclic) bond motifs is 3. The number of nitrogens with two attached hydrogens (primary N) is 1. The van der Waals surface area contributed by atoms with Crippen molar-refractivity contribution in [2.75, 3.05) is 13.2 Å². The Morgan fingerprint density at radius 2 is 1.63 bits per heavy atom. The molecule has 3 rings (SSSR count). The van der Waals surface area contributed by atoms with Crippen molar-refractivity contribution < 1.29 is 24.2 Å². The highest BCUT2D eigenvalue weighted by Gasteiger charge is 2.50. The molecule has 2 atom stereocenters. The van der Waals surface area contributed by atoms with Gasteiger partial charge in [-0.05, 0) is 36.1 Å². The summed E-state index contributed by atoms with van der Waals surface area (Å²) in [4.78, 5) is 24.3. The highest BCUT2D eigenvalue weighted by molar-refractivity contribution is 6.04. The highest BCUT2D eigenvalue weighted by atomic mass is 16.5. The van der Waals surface area contributed by atoms with E-state index in [9.17, 15) is 14.7 Å². The Kier molecular flexibility index (Phi) is 5.30. The Balaban J connectivity index is 1.84. The molecule has 0 spiro atoms. The van der Waals surface area contributed by atoms with Crippen molar-refractivity contribution in [1.82, 2.24) is 0 Å². The van der Waals surface area contributed by atoms with Crippen molar-refractivity contribution in [3.05, 3.63) is 59.7 Å². The van der Waals surface area contributed by atoms with Gasteiger partial charge in [0.1, 0.15) is 6.61 Å². The van der Waals surface area contributed by atoms with E-state index in [0.717, 1.165) is 22.3 Å². The monoisotopic (exact) mass is 369 g/mol. The molecule has 1 aliphatic carbocycles. The van der Waals surface area contributed by atoms with Crippen LogP contribution in [0.1, 0.15) is 30.9 Å². The van der Waals surface area contributed by atoms with Gasteiger partial charge in [0, 0.05) is 12.5 Å². The van der Waals surface area contributed by atoms with Gasteiger partial charge in [-0.15, -0.1) is 0 Å². The van der Waals surface area contributed by atoms with E-state index in [1.807, 2.05) is 48.5 Å². The summed E-state index contributed by atoms with van der Waals surface area (Å²) in [6.45, 7) is 3.41. The summed E-state index contributed by atoms with van der Waals surface area (Å²) < 4.78 is 10.7. The van der Waals surface area contributed by atoms with Crippen molar-refractivity contribution in [3.63, 3.8) is 0 Å². The molecule has 0 bridgehead atoms. The molecule has 3 N–H and O–H groups in total. The Bertz CT molecular complexity index is 820. The van der Waals surface area contributed by atoms with Crippen LogP contribution in [0.5, 0.6) is 0 Å². The molecule has 0 saturated carbocycles. The van der Waals surface area contributed by atoms with Crippen LogP contribution in [0.2, 0.25) is 0 Å². The third-order valence-corrected chi connectivity index (χ3v) is 5.09. The van der Waals surface area contributed by atoms with Gasteiger partial charge in [0.05, 0.1) is 6.10 Å². The van der Waals surface area contributed by atoms with Crippen LogP contribution in [-0.2, 0) is 19.1 Å². The predicted octanol–water partition coefficient (Wildman–Crippen LogP) is 2.55. The quantitative estimate of drug-likeness (QED) is 0.575. The minimum absolute atomic E-state index is 0.0118. The van der Waals surface area contributed by atoms with Crippen molar-refractivity contribution in [1.29, 1.82) is 0 Å². The van der Waals surface area contributed by atoms with E-state index < -0.39 is 23.6 Å². The van der Waals surface area contributed by atoms with Gasteiger partial charge >= 0.3 is 11.9 Å². The van der Waals surface area contributed by atoms with E-state index in [1.54, 1.807) is 6.92 Å². The zero-order chi connectivity index (χ0) is 19.6. The first kappa shape index (κ1) is 19.1. The Hall–Kier alpha value is -2.70. The fraction of sp³-hybridized carbons (Fsp3) is 0.333. The van der Waals surface area contributed by atoms with Crippen molar-refractivity contribution in [2.24, 2.45) is 5.73 Å². The molecule has 0 heterocycles. The maximum Gasteiger partial charge on any atom is 0.340 e. The molecule has 0 aromatic heterocycles. The number of benzene rings is 2. The second kappa shape index (κ2) is 7.50. The van der Waals surface area contributed by atoms with Crippen LogP contribution in [0.15, 0.2) is 48.5 Å². The first-order chi connectivity index (χ1) is 12.9. The molecule has 0 aliphatic heterocycles. The van der Waals surface area contributed by atoms with Crippen molar-refractivity contribution >= 4 is 11.9 Å². The van der Waals surface area contributed by atoms with E-state index in [1.165, 1.54) is 6.92 Å². The summed E-state index contributed by atoms with van der Waals surface area (Å²) >= 11 is 0. The fourth-order valence-electron chi connectivity index (χ4n) is 3.53. The molecule has 27 heavy (non-hydrogen) atoms. The van der Waals surface area contributed by atoms with Gasteiger partial charge in [0.25, 0.3) is 0 Å². The minimum atomic E-state index is -2.26. The lowest BCUT2D eigenvalue weighted by atomic mass is 9.94. The number of rotatable bonds is 7. The van der Waals surface area contributed by atoms with Crippen molar-refractivity contribution in [2.45, 2.75) is 31.4 Å². The van der Waals surface area contributed by atoms with Gasteiger partial charge in [-0.1, -0.05) is 48.5 Å². The van der Waals surface area contributed by atoms with Crippen LogP contribution in [-0.4, -0.2) is 41.9 Å². The van der Waals surface area contributed by atoms with Gasteiger partial charge in [-0.3, -0.25) is 0 Å². The van der Waals surface area contributed by atoms with Gasteiger partial charge in [0.2, 0.25) is 5.54 Å². The Labute approximate surface area is 157 Å². The summed E-state index contributed by atoms with van der Waals surface area (Å²) in [5.74, 6) is -2.64. The van der Waals surface area contributed by atoms with Crippen LogP contribution in [0, 0.1) is 0 Å². The van der Waals surface area contributed by atoms with Crippen molar-refractivity contribution in [3.8, 4) is 11.1 Å². The lowest BCUT2D eigenvalue weighted by Crippen LogP contribution is -2.63. The highest BCUT2D eigenvalue weighted by Crippen LogP contribution is 2.44. The van der Waals surface area contributed by atoms with E-state index >= 15 is 0 Å². The summed E-state index contributed by atoms with van der Waals surface area (Å²) in [6.07, 6.45) is -1.02. The number of carbonyl (C=O) groups excluding carboxylic acids is 1. The number of carboxylic acids is 1. The second-order valence-electron chi connectivity index (χ2n) is 6.60. The zero-order valence-electron chi connectivity index (χ0n) is 15.3. The van der Waals surface area contributed by atoms with Gasteiger partial charge in [0.15, 0.2) is 0 Å². The molecule has 142 valence electrons. The summed E-state index contributed by atoms with van der Waals surface area (Å²) in [7, 11) is 0. The first-order valence-corrected chi connectivity index (χ1v) is 8.90. The van der Waals surface area contributed by atoms with E-state index in [4.69, 9.17) is 15.2 Å². The van der Waals surface area contributed by atoms with Crippen LogP contribution in [0.4, 0.5) is 0 Å². The molecule has 6 heteroatoms. The number of hydrogen-bond donors (Lipinski definition) is 2. The maximum absolute atomic E-state index is 12.6. The van der Waals surface area contributed by atoms with Gasteiger partial charge in [-0.25, -0.2) is 9.59 Å². The predicted molar refractivity (Wildman–Crippen MR) is 100 cm³/mol. The normalized spacial score (nSPS) is 16.1. The molecule has 2 unspecified atom stereocenters. The fourth-order valence-corrected chi connectivity index (χ4v) is 3.53. The largest absolute Gasteiger partial charge is 0.479 e. The SMILES string of the molecule is CCOC(C)C(N)(C(=O)O)C(=O)OCC1c2ccccc2-c2ccccc21. The lowest BCUT2D eigenvalue weighted by Gasteiger charge is -2.29. The number of hydrogen-bond acceptors (Lipinski definition) is 5. The average molecular weight is 369 g/mol. The average Bonchev–Trinajstić information content (AvgIpc) is 2.99. The number of aliphatic carboxylic acids is 1. The summed E-state index contributed by atoms with van der Waals surface area (Å²) in [5, 5.41) is 9.50. The second-order valence-corrected chi connectivity index (χ2v) is 6.60. The van der Waals surface area contributed by atoms with Crippen LogP contribution < -0.4 is 5.73 Å². The van der Waals surface area contributed by atoms with Crippen LogP contribution in [0.25, 0.3) is 11.1 Å². The topological polar surface area (TPSA) is 98.9 Å².